The van der Waals surface area contributed by atoms with Gasteiger partial charge in [-0.1, -0.05) is 24.3 Å². The Labute approximate surface area is 163 Å². The number of benzene rings is 3. The Kier molecular flexibility index (Phi) is 5.29. The van der Waals surface area contributed by atoms with Crippen molar-refractivity contribution in [1.29, 1.82) is 0 Å². The molecule has 0 bridgehead atoms. The average molecular weight is 376 g/mol. The van der Waals surface area contributed by atoms with E-state index in [2.05, 4.69) is 10.6 Å². The quantitative estimate of drug-likeness (QED) is 0.661. The van der Waals surface area contributed by atoms with E-state index in [-0.39, 0.29) is 12.8 Å². The minimum Gasteiger partial charge on any atom is -0.457 e. The number of rotatable bonds is 6. The number of hydrogen-bond donors (Lipinski definition) is 2. The Bertz CT molecular complexity index is 943. The van der Waals surface area contributed by atoms with E-state index in [4.69, 9.17) is 14.2 Å². The van der Waals surface area contributed by atoms with Crippen LogP contribution in [-0.2, 0) is 6.42 Å². The lowest BCUT2D eigenvalue weighted by Crippen LogP contribution is -2.30. The molecule has 0 aromatic heterocycles. The lowest BCUT2D eigenvalue weighted by molar-refractivity contribution is 0.174. The third kappa shape index (κ3) is 4.54. The number of urea groups is 1. The summed E-state index contributed by atoms with van der Waals surface area (Å²) in [6.07, 6.45) is 0.702. The second-order valence-corrected chi connectivity index (χ2v) is 6.26. The minimum atomic E-state index is -0.252. The number of hydrogen-bond acceptors (Lipinski definition) is 4. The van der Waals surface area contributed by atoms with Crippen LogP contribution in [0, 0.1) is 0 Å². The van der Waals surface area contributed by atoms with E-state index in [1.807, 2.05) is 60.7 Å². The number of nitrogens with one attached hydrogen (secondary N) is 2. The summed E-state index contributed by atoms with van der Waals surface area (Å²) in [5, 5.41) is 5.66. The largest absolute Gasteiger partial charge is 0.457 e. The van der Waals surface area contributed by atoms with Crippen molar-refractivity contribution < 1.29 is 19.0 Å². The topological polar surface area (TPSA) is 68.8 Å². The molecule has 3 aromatic rings. The van der Waals surface area contributed by atoms with Crippen molar-refractivity contribution in [3.8, 4) is 23.0 Å². The first-order valence-electron chi connectivity index (χ1n) is 9.03. The van der Waals surface area contributed by atoms with Gasteiger partial charge in [-0.15, -0.1) is 0 Å². The summed E-state index contributed by atoms with van der Waals surface area (Å²) in [5.74, 6) is 2.98. The van der Waals surface area contributed by atoms with E-state index in [0.717, 1.165) is 22.8 Å². The van der Waals surface area contributed by atoms with Crippen LogP contribution in [0.5, 0.6) is 23.0 Å². The Hall–Kier alpha value is -3.67. The molecule has 0 radical (unpaired) electrons. The van der Waals surface area contributed by atoms with E-state index in [1.165, 1.54) is 0 Å². The molecule has 1 heterocycles. The summed E-state index contributed by atoms with van der Waals surface area (Å²) in [5.41, 5.74) is 1.77. The third-order valence-electron chi connectivity index (χ3n) is 4.23. The van der Waals surface area contributed by atoms with Crippen molar-refractivity contribution in [2.45, 2.75) is 6.42 Å². The van der Waals surface area contributed by atoms with Crippen LogP contribution >= 0.6 is 0 Å². The molecule has 2 N–H and O–H groups in total. The fourth-order valence-corrected chi connectivity index (χ4v) is 2.82. The van der Waals surface area contributed by atoms with Crippen LogP contribution in [0.2, 0.25) is 0 Å². The molecular formula is C22H20N2O4. The summed E-state index contributed by atoms with van der Waals surface area (Å²) in [6, 6.07) is 22.3. The van der Waals surface area contributed by atoms with Crippen LogP contribution in [0.15, 0.2) is 72.8 Å². The van der Waals surface area contributed by atoms with Gasteiger partial charge in [0.05, 0.1) is 0 Å². The smallest absolute Gasteiger partial charge is 0.319 e. The summed E-state index contributed by atoms with van der Waals surface area (Å²) in [7, 11) is 0. The van der Waals surface area contributed by atoms with Gasteiger partial charge in [-0.3, -0.25) is 0 Å². The molecule has 1 aliphatic heterocycles. The van der Waals surface area contributed by atoms with E-state index in [9.17, 15) is 4.79 Å². The van der Waals surface area contributed by atoms with Gasteiger partial charge in [0.15, 0.2) is 11.5 Å². The highest BCUT2D eigenvalue weighted by Crippen LogP contribution is 2.32. The summed E-state index contributed by atoms with van der Waals surface area (Å²) in [4.78, 5) is 12.1. The highest BCUT2D eigenvalue weighted by molar-refractivity contribution is 5.89. The summed E-state index contributed by atoms with van der Waals surface area (Å²) < 4.78 is 16.4. The standard InChI is InChI=1S/C22H20N2O4/c25-22(23-13-12-16-6-11-20-21(14-16)27-15-26-20)24-17-7-9-19(10-8-17)28-18-4-2-1-3-5-18/h1-11,14H,12-13,15H2,(H2,23,24,25). The van der Waals surface area contributed by atoms with Crippen molar-refractivity contribution in [3.63, 3.8) is 0 Å². The first-order chi connectivity index (χ1) is 13.8. The minimum absolute atomic E-state index is 0.252. The molecule has 142 valence electrons. The number of para-hydroxylation sites is 1. The maximum atomic E-state index is 12.1. The van der Waals surface area contributed by atoms with Crippen LogP contribution in [0.25, 0.3) is 0 Å². The lowest BCUT2D eigenvalue weighted by atomic mass is 10.1. The molecule has 0 saturated carbocycles. The van der Waals surface area contributed by atoms with Gasteiger partial charge < -0.3 is 24.8 Å². The molecule has 0 atom stereocenters. The van der Waals surface area contributed by atoms with Crippen molar-refractivity contribution >= 4 is 11.7 Å². The molecule has 4 rings (SSSR count). The van der Waals surface area contributed by atoms with E-state index in [0.29, 0.717) is 24.4 Å². The first-order valence-corrected chi connectivity index (χ1v) is 9.03. The zero-order chi connectivity index (χ0) is 19.2. The maximum Gasteiger partial charge on any atom is 0.319 e. The Morgan fingerprint density at radius 3 is 2.46 bits per heavy atom. The van der Waals surface area contributed by atoms with Gasteiger partial charge in [-0.05, 0) is 60.5 Å². The number of carbonyl (C=O) groups is 1. The first kappa shape index (κ1) is 17.7. The second kappa shape index (κ2) is 8.35. The van der Waals surface area contributed by atoms with Gasteiger partial charge in [0.25, 0.3) is 0 Å². The highest BCUT2D eigenvalue weighted by atomic mass is 16.7. The molecule has 0 unspecified atom stereocenters. The normalized spacial score (nSPS) is 11.7. The molecule has 6 heteroatoms. The van der Waals surface area contributed by atoms with Gasteiger partial charge in [0.1, 0.15) is 11.5 Å². The molecule has 3 aromatic carbocycles. The van der Waals surface area contributed by atoms with Crippen molar-refractivity contribution in [2.75, 3.05) is 18.7 Å². The van der Waals surface area contributed by atoms with Gasteiger partial charge >= 0.3 is 6.03 Å². The van der Waals surface area contributed by atoms with Gasteiger partial charge in [0.2, 0.25) is 6.79 Å². The molecule has 0 fully saturated rings. The summed E-state index contributed by atoms with van der Waals surface area (Å²) >= 11 is 0. The zero-order valence-corrected chi connectivity index (χ0v) is 15.2. The molecule has 0 aliphatic carbocycles. The molecule has 0 saturated heterocycles. The van der Waals surface area contributed by atoms with E-state index >= 15 is 0 Å². The average Bonchev–Trinajstić information content (AvgIpc) is 3.18. The molecule has 1 aliphatic rings. The Morgan fingerprint density at radius 2 is 1.64 bits per heavy atom. The molecule has 6 nitrogen and oxygen atoms in total. The van der Waals surface area contributed by atoms with E-state index < -0.39 is 0 Å². The fourth-order valence-electron chi connectivity index (χ4n) is 2.82. The number of ether oxygens (including phenoxy) is 3. The van der Waals surface area contributed by atoms with Crippen LogP contribution in [0.3, 0.4) is 0 Å². The predicted octanol–water partition coefficient (Wildman–Crippen LogP) is 4.57. The van der Waals surface area contributed by atoms with Crippen molar-refractivity contribution in [3.05, 3.63) is 78.4 Å². The highest BCUT2D eigenvalue weighted by Gasteiger charge is 2.13. The number of fused-ring (bicyclic) bond motifs is 1. The third-order valence-corrected chi connectivity index (χ3v) is 4.23. The Balaban J connectivity index is 1.23. The van der Waals surface area contributed by atoms with Crippen molar-refractivity contribution in [1.82, 2.24) is 5.32 Å². The van der Waals surface area contributed by atoms with Gasteiger partial charge in [-0.25, -0.2) is 4.79 Å². The fraction of sp³-hybridized carbons (Fsp3) is 0.136. The van der Waals surface area contributed by atoms with Crippen molar-refractivity contribution in [2.24, 2.45) is 0 Å². The maximum absolute atomic E-state index is 12.1. The van der Waals surface area contributed by atoms with Gasteiger partial charge in [0, 0.05) is 12.2 Å². The van der Waals surface area contributed by atoms with Crippen LogP contribution in [0.4, 0.5) is 10.5 Å². The second-order valence-electron chi connectivity index (χ2n) is 6.26. The van der Waals surface area contributed by atoms with Crippen LogP contribution < -0.4 is 24.8 Å². The van der Waals surface area contributed by atoms with Crippen LogP contribution in [-0.4, -0.2) is 19.4 Å². The van der Waals surface area contributed by atoms with E-state index in [1.54, 1.807) is 12.1 Å². The van der Waals surface area contributed by atoms with Gasteiger partial charge in [-0.2, -0.15) is 0 Å². The monoisotopic (exact) mass is 376 g/mol. The number of carbonyl (C=O) groups excluding carboxylic acids is 1. The zero-order valence-electron chi connectivity index (χ0n) is 15.2. The molecule has 0 spiro atoms. The predicted molar refractivity (Wildman–Crippen MR) is 106 cm³/mol. The Morgan fingerprint density at radius 1 is 0.893 bits per heavy atom. The SMILES string of the molecule is O=C(NCCc1ccc2c(c1)OCO2)Nc1ccc(Oc2ccccc2)cc1. The molecule has 2 amide bonds. The number of amides is 2. The summed E-state index contributed by atoms with van der Waals surface area (Å²) in [6.45, 7) is 0.773. The lowest BCUT2D eigenvalue weighted by Gasteiger charge is -2.09. The molecular weight excluding hydrogens is 356 g/mol. The number of anilines is 1. The van der Waals surface area contributed by atoms with Crippen LogP contribution in [0.1, 0.15) is 5.56 Å². The molecule has 28 heavy (non-hydrogen) atoms.